The Morgan fingerprint density at radius 3 is 2.67 bits per heavy atom. The molecule has 2 aromatic rings. The molecular weight excluding hydrogens is 412 g/mol. The third kappa shape index (κ3) is 6.26. The van der Waals surface area contributed by atoms with Gasteiger partial charge in [-0.2, -0.15) is 5.10 Å². The largest absolute Gasteiger partial charge is 0.494 e. The molecular formula is C27H40N4O2. The Labute approximate surface area is 199 Å². The minimum absolute atomic E-state index is 0.0523. The van der Waals surface area contributed by atoms with E-state index >= 15 is 0 Å². The summed E-state index contributed by atoms with van der Waals surface area (Å²) in [6.45, 7) is 18.4. The Hall–Kier alpha value is -2.60. The molecule has 2 heterocycles. The summed E-state index contributed by atoms with van der Waals surface area (Å²) in [6, 6.07) is 7.99. The van der Waals surface area contributed by atoms with Crippen molar-refractivity contribution in [1.82, 2.24) is 19.6 Å². The summed E-state index contributed by atoms with van der Waals surface area (Å²) in [5.41, 5.74) is 4.31. The predicted octanol–water partition coefficient (Wildman–Crippen LogP) is 4.85. The molecule has 0 spiro atoms. The Bertz CT molecular complexity index is 971. The smallest absolute Gasteiger partial charge is 0.223 e. The van der Waals surface area contributed by atoms with Crippen molar-refractivity contribution in [3.8, 4) is 11.4 Å². The van der Waals surface area contributed by atoms with E-state index in [1.807, 2.05) is 39.9 Å². The maximum atomic E-state index is 13.3. The van der Waals surface area contributed by atoms with Crippen molar-refractivity contribution in [2.45, 2.75) is 60.5 Å². The summed E-state index contributed by atoms with van der Waals surface area (Å²) in [6.07, 6.45) is 3.37. The topological polar surface area (TPSA) is 50.6 Å². The summed E-state index contributed by atoms with van der Waals surface area (Å²) >= 11 is 0. The highest BCUT2D eigenvalue weighted by atomic mass is 16.5. The summed E-state index contributed by atoms with van der Waals surface area (Å²) in [7, 11) is 1.69. The maximum Gasteiger partial charge on any atom is 0.223 e. The second-order valence-electron chi connectivity index (χ2n) is 10.6. The first-order chi connectivity index (χ1) is 15.6. The van der Waals surface area contributed by atoms with Gasteiger partial charge in [0.2, 0.25) is 5.91 Å². The first-order valence-electron chi connectivity index (χ1n) is 12.0. The third-order valence-electron chi connectivity index (χ3n) is 5.88. The van der Waals surface area contributed by atoms with Crippen LogP contribution in [0.4, 0.5) is 0 Å². The normalized spacial score (nSPS) is 14.3. The van der Waals surface area contributed by atoms with Crippen LogP contribution < -0.4 is 4.74 Å². The molecule has 0 bridgehead atoms. The van der Waals surface area contributed by atoms with Crippen LogP contribution in [0.2, 0.25) is 0 Å². The van der Waals surface area contributed by atoms with Crippen molar-refractivity contribution in [3.63, 3.8) is 0 Å². The summed E-state index contributed by atoms with van der Waals surface area (Å²) in [5, 5.41) is 5.08. The molecule has 0 atom stereocenters. The monoisotopic (exact) mass is 452 g/mol. The molecule has 0 unspecified atom stereocenters. The molecule has 0 radical (unpaired) electrons. The molecule has 33 heavy (non-hydrogen) atoms. The van der Waals surface area contributed by atoms with Crippen LogP contribution in [0.1, 0.15) is 58.0 Å². The van der Waals surface area contributed by atoms with Crippen LogP contribution >= 0.6 is 0 Å². The standard InChI is InChI=1S/C27H40N4O2/c1-8-14-29-15-13-23-21(18-29)22(28-31(23)24-11-9-10-12-25(24)33-7)19-30(17-20(2)3)26(32)16-27(4,5)6/h8-12,20H,1,13-19H2,2-7H3. The zero-order valence-electron chi connectivity index (χ0n) is 21.2. The van der Waals surface area contributed by atoms with Crippen LogP contribution in [0.15, 0.2) is 36.9 Å². The van der Waals surface area contributed by atoms with E-state index in [1.165, 1.54) is 11.3 Å². The maximum absolute atomic E-state index is 13.3. The molecule has 1 aromatic carbocycles. The molecule has 0 saturated heterocycles. The van der Waals surface area contributed by atoms with Gasteiger partial charge in [-0.1, -0.05) is 52.8 Å². The molecule has 1 aliphatic rings. The molecule has 6 heteroatoms. The third-order valence-corrected chi connectivity index (χ3v) is 5.88. The number of benzene rings is 1. The number of fused-ring (bicyclic) bond motifs is 1. The van der Waals surface area contributed by atoms with Crippen LogP contribution in [0, 0.1) is 11.3 Å². The first-order valence-corrected chi connectivity index (χ1v) is 12.0. The minimum atomic E-state index is -0.0523. The lowest BCUT2D eigenvalue weighted by Gasteiger charge is -2.29. The van der Waals surface area contributed by atoms with Crippen LogP contribution in [-0.4, -0.2) is 52.2 Å². The van der Waals surface area contributed by atoms with Crippen molar-refractivity contribution in [2.75, 3.05) is 26.7 Å². The number of aromatic nitrogens is 2. The molecule has 0 saturated carbocycles. The van der Waals surface area contributed by atoms with Crippen LogP contribution in [0.25, 0.3) is 5.69 Å². The molecule has 3 rings (SSSR count). The Balaban J connectivity index is 2.03. The molecule has 6 nitrogen and oxygen atoms in total. The quantitative estimate of drug-likeness (QED) is 0.511. The summed E-state index contributed by atoms with van der Waals surface area (Å²) < 4.78 is 7.68. The summed E-state index contributed by atoms with van der Waals surface area (Å²) in [4.78, 5) is 17.6. The average Bonchev–Trinajstić information content (AvgIpc) is 3.09. The highest BCUT2D eigenvalue weighted by Crippen LogP contribution is 2.31. The van der Waals surface area contributed by atoms with Crippen LogP contribution in [0.5, 0.6) is 5.75 Å². The average molecular weight is 453 g/mol. The number of nitrogens with zero attached hydrogens (tertiary/aromatic N) is 4. The van der Waals surface area contributed by atoms with Gasteiger partial charge in [0.25, 0.3) is 0 Å². The lowest BCUT2D eigenvalue weighted by molar-refractivity contribution is -0.134. The fraction of sp³-hybridized carbons (Fsp3) is 0.556. The van der Waals surface area contributed by atoms with Gasteiger partial charge < -0.3 is 9.64 Å². The van der Waals surface area contributed by atoms with E-state index in [0.29, 0.717) is 18.9 Å². The van der Waals surface area contributed by atoms with Gasteiger partial charge in [-0.05, 0) is 23.5 Å². The van der Waals surface area contributed by atoms with Gasteiger partial charge in [0.15, 0.2) is 0 Å². The van der Waals surface area contributed by atoms with E-state index in [4.69, 9.17) is 9.84 Å². The summed E-state index contributed by atoms with van der Waals surface area (Å²) in [5.74, 6) is 1.37. The van der Waals surface area contributed by atoms with Crippen molar-refractivity contribution in [2.24, 2.45) is 11.3 Å². The predicted molar refractivity (Wildman–Crippen MR) is 134 cm³/mol. The highest BCUT2D eigenvalue weighted by molar-refractivity contribution is 5.76. The lowest BCUT2D eigenvalue weighted by Crippen LogP contribution is -2.37. The van der Waals surface area contributed by atoms with Crippen LogP contribution in [-0.2, 0) is 24.3 Å². The van der Waals surface area contributed by atoms with Gasteiger partial charge in [0.1, 0.15) is 11.4 Å². The number of carbonyl (C=O) groups excluding carboxylic acids is 1. The Morgan fingerprint density at radius 1 is 1.30 bits per heavy atom. The Morgan fingerprint density at radius 2 is 2.03 bits per heavy atom. The second-order valence-corrected chi connectivity index (χ2v) is 10.6. The number of hydrogen-bond acceptors (Lipinski definition) is 4. The number of rotatable bonds is 9. The van der Waals surface area contributed by atoms with Crippen LogP contribution in [0.3, 0.4) is 0 Å². The van der Waals surface area contributed by atoms with E-state index in [0.717, 1.165) is 49.7 Å². The fourth-order valence-electron chi connectivity index (χ4n) is 4.45. The van der Waals surface area contributed by atoms with Gasteiger partial charge in [-0.15, -0.1) is 6.58 Å². The van der Waals surface area contributed by atoms with E-state index in [2.05, 4.69) is 46.1 Å². The number of methoxy groups -OCH3 is 1. The van der Waals surface area contributed by atoms with Crippen molar-refractivity contribution in [3.05, 3.63) is 53.9 Å². The fourth-order valence-corrected chi connectivity index (χ4v) is 4.45. The minimum Gasteiger partial charge on any atom is -0.494 e. The SMILES string of the molecule is C=CCN1CCc2c(c(CN(CC(C)C)C(=O)CC(C)(C)C)nn2-c2ccccc2OC)C1. The molecule has 1 aliphatic heterocycles. The Kier molecular flexibility index (Phi) is 8.01. The van der Waals surface area contributed by atoms with E-state index in [9.17, 15) is 4.79 Å². The van der Waals surface area contributed by atoms with Gasteiger partial charge >= 0.3 is 0 Å². The molecule has 1 aromatic heterocycles. The number of carbonyl (C=O) groups is 1. The van der Waals surface area contributed by atoms with Crippen molar-refractivity contribution >= 4 is 5.91 Å². The van der Waals surface area contributed by atoms with Gasteiger partial charge in [0.05, 0.1) is 25.0 Å². The van der Waals surface area contributed by atoms with E-state index in [1.54, 1.807) is 7.11 Å². The highest BCUT2D eigenvalue weighted by Gasteiger charge is 2.29. The van der Waals surface area contributed by atoms with Crippen molar-refractivity contribution in [1.29, 1.82) is 0 Å². The van der Waals surface area contributed by atoms with Gasteiger partial charge in [-0.25, -0.2) is 4.68 Å². The number of amides is 1. The molecule has 0 aliphatic carbocycles. The van der Waals surface area contributed by atoms with E-state index in [-0.39, 0.29) is 11.3 Å². The first kappa shape index (κ1) is 25.0. The number of para-hydroxylation sites is 2. The lowest BCUT2D eigenvalue weighted by atomic mass is 9.91. The number of hydrogen-bond donors (Lipinski definition) is 0. The molecule has 1 amide bonds. The zero-order valence-corrected chi connectivity index (χ0v) is 21.2. The van der Waals surface area contributed by atoms with Gasteiger partial charge in [0, 0.05) is 44.6 Å². The molecule has 0 fully saturated rings. The van der Waals surface area contributed by atoms with Crippen molar-refractivity contribution < 1.29 is 9.53 Å². The molecule has 0 N–H and O–H groups in total. The molecule has 180 valence electrons. The second kappa shape index (κ2) is 10.6. The zero-order chi connectivity index (χ0) is 24.2. The van der Waals surface area contributed by atoms with E-state index < -0.39 is 0 Å². The number of ether oxygens (including phenoxy) is 1. The van der Waals surface area contributed by atoms with Gasteiger partial charge in [-0.3, -0.25) is 9.69 Å².